The van der Waals surface area contributed by atoms with Crippen LogP contribution in [-0.4, -0.2) is 33.1 Å². The molecule has 0 unspecified atom stereocenters. The second kappa shape index (κ2) is 9.43. The molecule has 0 aliphatic heterocycles. The molecule has 1 aromatic heterocycles. The van der Waals surface area contributed by atoms with Gasteiger partial charge in [-0.2, -0.15) is 18.3 Å². The number of carbonyl (C=O) groups excluding carboxylic acids is 2. The van der Waals surface area contributed by atoms with E-state index >= 15 is 0 Å². The van der Waals surface area contributed by atoms with Gasteiger partial charge in [-0.25, -0.2) is 9.67 Å². The molecule has 0 bridgehead atoms. The molecule has 2 aromatic carbocycles. The van der Waals surface area contributed by atoms with Gasteiger partial charge in [-0.05, 0) is 48.0 Å². The van der Waals surface area contributed by atoms with Crippen molar-refractivity contribution in [2.45, 2.75) is 6.18 Å². The molecule has 0 radical (unpaired) electrons. The van der Waals surface area contributed by atoms with Gasteiger partial charge in [0.25, 0.3) is 0 Å². The molecule has 0 aliphatic carbocycles. The molecule has 3 rings (SSSR count). The largest absolute Gasteiger partial charge is 0.417 e. The summed E-state index contributed by atoms with van der Waals surface area (Å²) in [6, 6.07) is 10.1. The minimum Gasteiger partial charge on any atom is -0.343 e. The maximum Gasteiger partial charge on any atom is 0.417 e. The van der Waals surface area contributed by atoms with Gasteiger partial charge in [0.2, 0.25) is 11.8 Å². The van der Waals surface area contributed by atoms with Crippen LogP contribution in [-0.2, 0) is 15.8 Å². The molecule has 0 aliphatic rings. The lowest BCUT2D eigenvalue weighted by atomic mass is 10.1. The van der Waals surface area contributed by atoms with Crippen molar-refractivity contribution in [2.24, 2.45) is 0 Å². The highest BCUT2D eigenvalue weighted by Gasteiger charge is 2.33. The van der Waals surface area contributed by atoms with Crippen molar-refractivity contribution < 1.29 is 22.8 Å². The Morgan fingerprint density at radius 2 is 1.87 bits per heavy atom. The van der Waals surface area contributed by atoms with Gasteiger partial charge < -0.3 is 10.6 Å². The summed E-state index contributed by atoms with van der Waals surface area (Å²) in [4.78, 5) is 27.7. The fourth-order valence-electron chi connectivity index (χ4n) is 2.51. The molecular formula is C20H15ClF3N5O2. The highest BCUT2D eigenvalue weighted by atomic mass is 35.5. The van der Waals surface area contributed by atoms with Crippen LogP contribution in [0.15, 0.2) is 61.2 Å². The second-order valence-corrected chi connectivity index (χ2v) is 6.63. The molecule has 0 saturated carbocycles. The van der Waals surface area contributed by atoms with Crippen molar-refractivity contribution in [3.8, 4) is 5.69 Å². The maximum absolute atomic E-state index is 12.9. The van der Waals surface area contributed by atoms with E-state index in [9.17, 15) is 22.8 Å². The Hall–Kier alpha value is -3.66. The van der Waals surface area contributed by atoms with Crippen LogP contribution in [0.2, 0.25) is 5.02 Å². The van der Waals surface area contributed by atoms with E-state index < -0.39 is 28.6 Å². The Morgan fingerprint density at radius 3 is 2.52 bits per heavy atom. The van der Waals surface area contributed by atoms with E-state index in [2.05, 4.69) is 20.7 Å². The van der Waals surface area contributed by atoms with Crippen molar-refractivity contribution in [3.63, 3.8) is 0 Å². The Labute approximate surface area is 179 Å². The summed E-state index contributed by atoms with van der Waals surface area (Å²) in [5.74, 6) is -1.11. The number of hydrogen-bond acceptors (Lipinski definition) is 4. The van der Waals surface area contributed by atoms with Gasteiger partial charge in [0.05, 0.1) is 22.8 Å². The lowest BCUT2D eigenvalue weighted by molar-refractivity contribution is -0.137. The first kappa shape index (κ1) is 22.0. The zero-order valence-electron chi connectivity index (χ0n) is 15.7. The van der Waals surface area contributed by atoms with Crippen LogP contribution in [0.3, 0.4) is 0 Å². The zero-order valence-corrected chi connectivity index (χ0v) is 16.5. The van der Waals surface area contributed by atoms with E-state index in [-0.39, 0.29) is 12.1 Å². The summed E-state index contributed by atoms with van der Waals surface area (Å²) < 4.78 is 40.2. The first-order valence-corrected chi connectivity index (χ1v) is 9.18. The Bertz CT molecular complexity index is 1100. The van der Waals surface area contributed by atoms with Gasteiger partial charge >= 0.3 is 6.18 Å². The van der Waals surface area contributed by atoms with Gasteiger partial charge in [0.1, 0.15) is 12.7 Å². The molecule has 0 atom stereocenters. The van der Waals surface area contributed by atoms with Crippen molar-refractivity contribution in [1.29, 1.82) is 0 Å². The Balaban J connectivity index is 1.51. The van der Waals surface area contributed by atoms with Crippen LogP contribution in [0.1, 0.15) is 11.1 Å². The number of rotatable bonds is 6. The predicted molar refractivity (Wildman–Crippen MR) is 108 cm³/mol. The molecule has 2 N–H and O–H groups in total. The van der Waals surface area contributed by atoms with Crippen molar-refractivity contribution in [3.05, 3.63) is 77.3 Å². The normalized spacial score (nSPS) is 11.5. The maximum atomic E-state index is 12.9. The van der Waals surface area contributed by atoms with Crippen LogP contribution in [0, 0.1) is 0 Å². The minimum absolute atomic E-state index is 0.142. The van der Waals surface area contributed by atoms with E-state index in [1.807, 2.05) is 0 Å². The van der Waals surface area contributed by atoms with E-state index in [0.717, 1.165) is 23.9 Å². The van der Waals surface area contributed by atoms with Crippen LogP contribution in [0.4, 0.5) is 18.9 Å². The topological polar surface area (TPSA) is 88.9 Å². The number of alkyl halides is 3. The van der Waals surface area contributed by atoms with Gasteiger partial charge in [-0.1, -0.05) is 17.7 Å². The molecule has 3 aromatic rings. The molecule has 160 valence electrons. The lowest BCUT2D eigenvalue weighted by Gasteiger charge is -2.09. The highest BCUT2D eigenvalue weighted by molar-refractivity contribution is 6.31. The van der Waals surface area contributed by atoms with Gasteiger partial charge in [-0.15, -0.1) is 0 Å². The highest BCUT2D eigenvalue weighted by Crippen LogP contribution is 2.35. The third-order valence-electron chi connectivity index (χ3n) is 3.98. The molecular weight excluding hydrogens is 435 g/mol. The number of anilines is 1. The molecule has 11 heteroatoms. The van der Waals surface area contributed by atoms with Crippen LogP contribution < -0.4 is 10.6 Å². The average Bonchev–Trinajstić information content (AvgIpc) is 3.26. The number of nitrogens with one attached hydrogen (secondary N) is 2. The summed E-state index contributed by atoms with van der Waals surface area (Å²) in [7, 11) is 0. The molecule has 31 heavy (non-hydrogen) atoms. The summed E-state index contributed by atoms with van der Waals surface area (Å²) in [6.45, 7) is -0.317. The van der Waals surface area contributed by atoms with Gasteiger partial charge in [0, 0.05) is 11.8 Å². The second-order valence-electron chi connectivity index (χ2n) is 6.22. The monoisotopic (exact) mass is 449 g/mol. The predicted octanol–water partition coefficient (Wildman–Crippen LogP) is 3.71. The van der Waals surface area contributed by atoms with Gasteiger partial charge in [-0.3, -0.25) is 9.59 Å². The number of amides is 2. The summed E-state index contributed by atoms with van der Waals surface area (Å²) in [5, 5.41) is 8.52. The number of carbonyl (C=O) groups is 2. The third kappa shape index (κ3) is 6.16. The average molecular weight is 450 g/mol. The summed E-state index contributed by atoms with van der Waals surface area (Å²) >= 11 is 5.55. The molecule has 2 amide bonds. The quantitative estimate of drug-likeness (QED) is 0.561. The lowest BCUT2D eigenvalue weighted by Crippen LogP contribution is -2.31. The Morgan fingerprint density at radius 1 is 1.13 bits per heavy atom. The number of halogens is 4. The first-order valence-electron chi connectivity index (χ1n) is 8.80. The summed E-state index contributed by atoms with van der Waals surface area (Å²) in [5.41, 5.74) is 0.416. The van der Waals surface area contributed by atoms with Crippen LogP contribution in [0.25, 0.3) is 11.8 Å². The molecule has 0 saturated heterocycles. The standard InChI is InChI=1S/C20H15ClF3N5O2/c21-17-7-1-13(9-16(17)20(22,23)24)2-8-18(30)26-10-19(31)28-14-3-5-15(6-4-14)29-12-25-11-27-29/h1-9,11-12H,10H2,(H,26,30)(H,28,31)/b8-2-. The van der Waals surface area contributed by atoms with E-state index in [1.165, 1.54) is 24.8 Å². The molecule has 0 fully saturated rings. The fourth-order valence-corrected chi connectivity index (χ4v) is 2.73. The van der Waals surface area contributed by atoms with Crippen LogP contribution in [0.5, 0.6) is 0 Å². The third-order valence-corrected chi connectivity index (χ3v) is 4.31. The number of benzene rings is 2. The molecule has 7 nitrogen and oxygen atoms in total. The zero-order chi connectivity index (χ0) is 22.4. The van der Waals surface area contributed by atoms with E-state index in [1.54, 1.807) is 28.9 Å². The number of hydrogen-bond donors (Lipinski definition) is 2. The number of nitrogens with zero attached hydrogens (tertiary/aromatic N) is 3. The van der Waals surface area contributed by atoms with E-state index in [0.29, 0.717) is 5.69 Å². The van der Waals surface area contributed by atoms with Gasteiger partial charge in [0.15, 0.2) is 0 Å². The van der Waals surface area contributed by atoms with Crippen molar-refractivity contribution in [1.82, 2.24) is 20.1 Å². The minimum atomic E-state index is -4.60. The van der Waals surface area contributed by atoms with E-state index in [4.69, 9.17) is 11.6 Å². The van der Waals surface area contributed by atoms with Crippen molar-refractivity contribution in [2.75, 3.05) is 11.9 Å². The molecule has 0 spiro atoms. The first-order chi connectivity index (χ1) is 14.7. The van der Waals surface area contributed by atoms with Crippen molar-refractivity contribution >= 4 is 35.2 Å². The summed E-state index contributed by atoms with van der Waals surface area (Å²) in [6.07, 6.45) is 0.555. The number of aromatic nitrogens is 3. The fraction of sp³-hybridized carbons (Fsp3) is 0.100. The SMILES string of the molecule is O=C(/C=C\c1ccc(Cl)c(C(F)(F)F)c1)NCC(=O)Nc1ccc(-n2cncn2)cc1. The van der Waals surface area contributed by atoms with Crippen LogP contribution >= 0.6 is 11.6 Å². The Kier molecular flexibility index (Phi) is 6.71. The smallest absolute Gasteiger partial charge is 0.343 e. The molecule has 1 heterocycles.